The average Bonchev–Trinajstić information content (AvgIpc) is 2.93. The summed E-state index contributed by atoms with van der Waals surface area (Å²) >= 11 is 0. The van der Waals surface area contributed by atoms with Gasteiger partial charge in [0.2, 0.25) is 5.88 Å². The van der Waals surface area contributed by atoms with Gasteiger partial charge in [0.1, 0.15) is 5.75 Å². The van der Waals surface area contributed by atoms with Crippen molar-refractivity contribution in [1.82, 2.24) is 9.47 Å². The molecule has 1 aliphatic rings. The van der Waals surface area contributed by atoms with Crippen LogP contribution in [0.1, 0.15) is 25.7 Å². The number of aromatic hydroxyl groups is 1. The fraction of sp³-hybridized carbons (Fsp3) is 0.348. The summed E-state index contributed by atoms with van der Waals surface area (Å²) in [5.41, 5.74) is 1.19. The number of nitrogens with zero attached hydrogens (tertiary/aromatic N) is 4. The van der Waals surface area contributed by atoms with E-state index in [2.05, 4.69) is 15.1 Å². The van der Waals surface area contributed by atoms with Crippen molar-refractivity contribution in [1.29, 1.82) is 0 Å². The van der Waals surface area contributed by atoms with E-state index in [1.54, 1.807) is 12.1 Å². The van der Waals surface area contributed by atoms with Crippen LogP contribution in [0.3, 0.4) is 0 Å². The zero-order chi connectivity index (χ0) is 20.8. The summed E-state index contributed by atoms with van der Waals surface area (Å²) in [6.45, 7) is 2.41. The van der Waals surface area contributed by atoms with Gasteiger partial charge < -0.3 is 9.84 Å². The molecule has 30 heavy (non-hydrogen) atoms. The van der Waals surface area contributed by atoms with E-state index in [0.29, 0.717) is 18.1 Å². The quantitative estimate of drug-likeness (QED) is 0.592. The molecule has 0 atom stereocenters. The Labute approximate surface area is 175 Å². The summed E-state index contributed by atoms with van der Waals surface area (Å²) in [4.78, 5) is 14.5. The smallest absolute Gasteiger partial charge is 0.302 e. The summed E-state index contributed by atoms with van der Waals surface area (Å²) in [7, 11) is 0. The van der Waals surface area contributed by atoms with Crippen LogP contribution in [0.15, 0.2) is 64.8 Å². The second kappa shape index (κ2) is 9.54. The van der Waals surface area contributed by atoms with Gasteiger partial charge in [-0.3, -0.25) is 14.3 Å². The van der Waals surface area contributed by atoms with Crippen molar-refractivity contribution in [2.75, 3.05) is 19.7 Å². The molecule has 0 saturated carbocycles. The third-order valence-electron chi connectivity index (χ3n) is 5.32. The van der Waals surface area contributed by atoms with Crippen molar-refractivity contribution >= 4 is 22.5 Å². The van der Waals surface area contributed by atoms with Gasteiger partial charge in [-0.2, -0.15) is 0 Å². The van der Waals surface area contributed by atoms with Crippen LogP contribution in [0.4, 0.5) is 5.69 Å². The van der Waals surface area contributed by atoms with Crippen LogP contribution < -0.4 is 4.74 Å². The molecule has 1 amide bonds. The predicted molar refractivity (Wildman–Crippen MR) is 115 cm³/mol. The number of para-hydroxylation sites is 2. The second-order valence-electron chi connectivity index (χ2n) is 7.49. The van der Waals surface area contributed by atoms with Crippen molar-refractivity contribution < 1.29 is 14.6 Å². The number of amides is 1. The Hall–Kier alpha value is -3.19. The Morgan fingerprint density at radius 2 is 1.67 bits per heavy atom. The van der Waals surface area contributed by atoms with Crippen LogP contribution in [-0.2, 0) is 11.5 Å². The lowest BCUT2D eigenvalue weighted by molar-refractivity contribution is -0.120. The molecule has 0 unspecified atom stereocenters. The Bertz CT molecular complexity index is 1020. The number of rotatable bonds is 6. The molecule has 1 fully saturated rings. The molecule has 1 N–H and O–H groups in total. The van der Waals surface area contributed by atoms with Gasteiger partial charge in [0.15, 0.2) is 12.3 Å². The van der Waals surface area contributed by atoms with Gasteiger partial charge in [0, 0.05) is 5.39 Å². The zero-order valence-corrected chi connectivity index (χ0v) is 16.9. The summed E-state index contributed by atoms with van der Waals surface area (Å²) in [6.07, 6.45) is 4.84. The molecule has 1 aromatic heterocycles. The molecular formula is C23H26N4O3. The number of benzene rings is 2. The van der Waals surface area contributed by atoms with Crippen LogP contribution in [0.5, 0.6) is 11.6 Å². The topological polar surface area (TPSA) is 79.4 Å². The van der Waals surface area contributed by atoms with E-state index in [-0.39, 0.29) is 12.5 Å². The second-order valence-corrected chi connectivity index (χ2v) is 7.49. The molecule has 3 aromatic rings. The molecule has 2 aromatic carbocycles. The lowest BCUT2D eigenvalue weighted by Gasteiger charge is -2.21. The van der Waals surface area contributed by atoms with Crippen molar-refractivity contribution in [3.05, 3.63) is 54.6 Å². The maximum atomic E-state index is 12.1. The summed E-state index contributed by atoms with van der Waals surface area (Å²) in [6, 6.07) is 16.7. The molecule has 0 spiro atoms. The Morgan fingerprint density at radius 1 is 0.967 bits per heavy atom. The first-order chi connectivity index (χ1) is 14.7. The van der Waals surface area contributed by atoms with Crippen LogP contribution in [0, 0.1) is 0 Å². The number of aromatic nitrogens is 1. The minimum Gasteiger partial charge on any atom is -0.493 e. The van der Waals surface area contributed by atoms with E-state index < -0.39 is 5.91 Å². The molecule has 156 valence electrons. The van der Waals surface area contributed by atoms with Crippen molar-refractivity contribution in [2.24, 2.45) is 10.2 Å². The number of likely N-dealkylation sites (tertiary alicyclic amines) is 1. The molecule has 1 saturated heterocycles. The number of fused-ring (bicyclic) bond motifs is 1. The first-order valence-electron chi connectivity index (χ1n) is 10.4. The number of azo groups is 1. The Morgan fingerprint density at radius 3 is 2.43 bits per heavy atom. The molecular weight excluding hydrogens is 380 g/mol. The fourth-order valence-corrected chi connectivity index (χ4v) is 3.79. The summed E-state index contributed by atoms with van der Waals surface area (Å²) in [5, 5.41) is 19.5. The van der Waals surface area contributed by atoms with E-state index in [9.17, 15) is 9.90 Å². The van der Waals surface area contributed by atoms with E-state index >= 15 is 0 Å². The molecule has 7 heteroatoms. The number of ether oxygens (including phenoxy) is 1. The fourth-order valence-electron chi connectivity index (χ4n) is 3.79. The van der Waals surface area contributed by atoms with Crippen LogP contribution >= 0.6 is 0 Å². The monoisotopic (exact) mass is 406 g/mol. The SMILES string of the molecule is O=C(COc1ccccc1)N=Nc1c(O)n(CN2CCCCCC2)c2ccccc12. The average molecular weight is 406 g/mol. The van der Waals surface area contributed by atoms with Crippen molar-refractivity contribution in [3.8, 4) is 11.6 Å². The van der Waals surface area contributed by atoms with E-state index in [0.717, 1.165) is 24.0 Å². The van der Waals surface area contributed by atoms with Gasteiger partial charge in [-0.25, -0.2) is 0 Å². The zero-order valence-electron chi connectivity index (χ0n) is 16.9. The van der Waals surface area contributed by atoms with E-state index in [1.165, 1.54) is 25.7 Å². The standard InChI is InChI=1S/C23H26N4O3/c28-21(16-30-18-10-4-3-5-11-18)24-25-22-19-12-6-7-13-20(19)27(23(22)29)17-26-14-8-1-2-9-15-26/h3-7,10-13,29H,1-2,8-9,14-17H2. The number of carbonyl (C=O) groups is 1. The highest BCUT2D eigenvalue weighted by molar-refractivity contribution is 5.95. The molecule has 0 aliphatic carbocycles. The van der Waals surface area contributed by atoms with Gasteiger partial charge in [0.25, 0.3) is 0 Å². The third-order valence-corrected chi connectivity index (χ3v) is 5.32. The lowest BCUT2D eigenvalue weighted by atomic mass is 10.2. The van der Waals surface area contributed by atoms with Crippen LogP contribution in [0.2, 0.25) is 0 Å². The van der Waals surface area contributed by atoms with Gasteiger partial charge in [-0.1, -0.05) is 49.2 Å². The van der Waals surface area contributed by atoms with E-state index in [4.69, 9.17) is 4.74 Å². The van der Waals surface area contributed by atoms with Crippen molar-refractivity contribution in [3.63, 3.8) is 0 Å². The number of hydrogen-bond donors (Lipinski definition) is 1. The highest BCUT2D eigenvalue weighted by Crippen LogP contribution is 2.39. The number of carbonyl (C=O) groups excluding carboxylic acids is 1. The molecule has 1 aliphatic heterocycles. The lowest BCUT2D eigenvalue weighted by Crippen LogP contribution is -2.27. The summed E-state index contributed by atoms with van der Waals surface area (Å²) < 4.78 is 7.26. The van der Waals surface area contributed by atoms with Gasteiger partial charge in [0.05, 0.1) is 12.2 Å². The highest BCUT2D eigenvalue weighted by atomic mass is 16.5. The Balaban J connectivity index is 1.52. The molecule has 4 rings (SSSR count). The molecule has 2 heterocycles. The van der Waals surface area contributed by atoms with Crippen molar-refractivity contribution in [2.45, 2.75) is 32.4 Å². The van der Waals surface area contributed by atoms with E-state index in [1.807, 2.05) is 47.0 Å². The summed E-state index contributed by atoms with van der Waals surface area (Å²) in [5.74, 6) is 0.113. The molecule has 7 nitrogen and oxygen atoms in total. The Kier molecular flexibility index (Phi) is 6.39. The maximum Gasteiger partial charge on any atom is 0.302 e. The predicted octanol–water partition coefficient (Wildman–Crippen LogP) is 4.87. The largest absolute Gasteiger partial charge is 0.493 e. The van der Waals surface area contributed by atoms with Crippen LogP contribution in [0.25, 0.3) is 10.9 Å². The van der Waals surface area contributed by atoms with Gasteiger partial charge in [-0.05, 0) is 44.1 Å². The maximum absolute atomic E-state index is 12.1. The highest BCUT2D eigenvalue weighted by Gasteiger charge is 2.19. The van der Waals surface area contributed by atoms with Crippen LogP contribution in [-0.4, -0.2) is 40.2 Å². The first kappa shape index (κ1) is 20.1. The number of hydrogen-bond acceptors (Lipinski definition) is 5. The molecule has 0 bridgehead atoms. The van der Waals surface area contributed by atoms with Gasteiger partial charge in [-0.15, -0.1) is 10.2 Å². The normalized spacial score (nSPS) is 15.5. The minimum absolute atomic E-state index is 0.0287. The molecule has 0 radical (unpaired) electrons. The van der Waals surface area contributed by atoms with Gasteiger partial charge >= 0.3 is 5.91 Å². The first-order valence-corrected chi connectivity index (χ1v) is 10.4. The third kappa shape index (κ3) is 4.68. The minimum atomic E-state index is -0.511.